The van der Waals surface area contributed by atoms with Crippen molar-refractivity contribution in [1.29, 1.82) is 0 Å². The van der Waals surface area contributed by atoms with Gasteiger partial charge >= 0.3 is 0 Å². The maximum Gasteiger partial charge on any atom is -0.0149 e. The van der Waals surface area contributed by atoms with E-state index in [1.54, 1.807) is 0 Å². The van der Waals surface area contributed by atoms with Crippen molar-refractivity contribution in [2.24, 2.45) is 0 Å². The van der Waals surface area contributed by atoms with Crippen LogP contribution in [-0.4, -0.2) is 0 Å². The molecular formula is C16H22. The van der Waals surface area contributed by atoms with Gasteiger partial charge in [-0.25, -0.2) is 0 Å². The van der Waals surface area contributed by atoms with Crippen molar-refractivity contribution in [2.75, 3.05) is 0 Å². The standard InChI is InChI=1S/C14H16.C2H6/c1-9-5-7-14-12(4)10(2)6-8-13(14)11(9)3;1-2/h5-8H,1-4H3;1-2H3. The molecule has 0 aliphatic heterocycles. The summed E-state index contributed by atoms with van der Waals surface area (Å²) in [6.45, 7) is 12.7. The Hall–Kier alpha value is -1.30. The Kier molecular flexibility index (Phi) is 4.12. The molecule has 0 amide bonds. The highest BCUT2D eigenvalue weighted by Gasteiger charge is 2.03. The molecule has 16 heavy (non-hydrogen) atoms. The number of hydrogen-bond acceptors (Lipinski definition) is 0. The van der Waals surface area contributed by atoms with Gasteiger partial charge < -0.3 is 0 Å². The van der Waals surface area contributed by atoms with Crippen molar-refractivity contribution >= 4 is 10.8 Å². The molecule has 0 saturated heterocycles. The van der Waals surface area contributed by atoms with Crippen LogP contribution in [0.3, 0.4) is 0 Å². The molecule has 0 aromatic heterocycles. The third kappa shape index (κ3) is 2.11. The van der Waals surface area contributed by atoms with Crippen LogP contribution in [0.5, 0.6) is 0 Å². The fourth-order valence-electron chi connectivity index (χ4n) is 1.93. The molecule has 0 atom stereocenters. The van der Waals surface area contributed by atoms with Crippen LogP contribution < -0.4 is 0 Å². The number of hydrogen-bond donors (Lipinski definition) is 0. The average Bonchev–Trinajstić information content (AvgIpc) is 2.31. The average molecular weight is 214 g/mol. The van der Waals surface area contributed by atoms with Crippen LogP contribution in [0.25, 0.3) is 10.8 Å². The third-order valence-corrected chi connectivity index (χ3v) is 3.28. The number of benzene rings is 2. The third-order valence-electron chi connectivity index (χ3n) is 3.28. The highest BCUT2D eigenvalue weighted by molar-refractivity contribution is 5.90. The number of rotatable bonds is 0. The zero-order valence-electron chi connectivity index (χ0n) is 11.3. The van der Waals surface area contributed by atoms with Gasteiger partial charge in [0, 0.05) is 0 Å². The Morgan fingerprint density at radius 2 is 0.875 bits per heavy atom. The maximum atomic E-state index is 2.24. The lowest BCUT2D eigenvalue weighted by Crippen LogP contribution is -1.88. The molecule has 0 N–H and O–H groups in total. The predicted octanol–water partition coefficient (Wildman–Crippen LogP) is 5.10. The summed E-state index contributed by atoms with van der Waals surface area (Å²) in [6, 6.07) is 8.90. The second kappa shape index (κ2) is 5.16. The van der Waals surface area contributed by atoms with Crippen LogP contribution >= 0.6 is 0 Å². The Labute approximate surface area is 99.3 Å². The van der Waals surface area contributed by atoms with Gasteiger partial charge in [0.1, 0.15) is 0 Å². The fourth-order valence-corrected chi connectivity index (χ4v) is 1.93. The molecule has 0 fully saturated rings. The number of aryl methyl sites for hydroxylation is 4. The van der Waals surface area contributed by atoms with E-state index in [9.17, 15) is 0 Å². The van der Waals surface area contributed by atoms with Gasteiger partial charge in [-0.3, -0.25) is 0 Å². The van der Waals surface area contributed by atoms with Gasteiger partial charge in [-0.15, -0.1) is 0 Å². The molecule has 0 unspecified atom stereocenters. The van der Waals surface area contributed by atoms with E-state index >= 15 is 0 Å². The molecular weight excluding hydrogens is 192 g/mol. The lowest BCUT2D eigenvalue weighted by atomic mass is 9.95. The monoisotopic (exact) mass is 214 g/mol. The van der Waals surface area contributed by atoms with Crippen LogP contribution in [0.15, 0.2) is 24.3 Å². The second-order valence-corrected chi connectivity index (χ2v) is 4.11. The van der Waals surface area contributed by atoms with Gasteiger partial charge in [-0.1, -0.05) is 38.1 Å². The molecule has 0 heterocycles. The Morgan fingerprint density at radius 1 is 0.562 bits per heavy atom. The van der Waals surface area contributed by atoms with Gasteiger partial charge in [0.05, 0.1) is 0 Å². The zero-order chi connectivity index (χ0) is 12.3. The molecule has 0 radical (unpaired) electrons. The van der Waals surface area contributed by atoms with Crippen LogP contribution in [-0.2, 0) is 0 Å². The minimum absolute atomic E-state index is 1.38. The van der Waals surface area contributed by atoms with E-state index < -0.39 is 0 Å². The van der Waals surface area contributed by atoms with E-state index in [0.29, 0.717) is 0 Å². The summed E-state index contributed by atoms with van der Waals surface area (Å²) in [5.74, 6) is 0. The van der Waals surface area contributed by atoms with Crippen LogP contribution in [0.4, 0.5) is 0 Å². The first-order valence-corrected chi connectivity index (χ1v) is 6.07. The van der Waals surface area contributed by atoms with Gasteiger partial charge in [-0.2, -0.15) is 0 Å². The van der Waals surface area contributed by atoms with Gasteiger partial charge in [0.2, 0.25) is 0 Å². The molecule has 0 spiro atoms. The minimum atomic E-state index is 1.38. The largest absolute Gasteiger partial charge is 0.0683 e. The SMILES string of the molecule is CC.Cc1ccc2c(C)c(C)ccc2c1C. The summed E-state index contributed by atoms with van der Waals surface area (Å²) in [7, 11) is 0. The molecule has 0 saturated carbocycles. The summed E-state index contributed by atoms with van der Waals surface area (Å²) in [6.07, 6.45) is 0. The first kappa shape index (κ1) is 12.8. The van der Waals surface area contributed by atoms with E-state index in [0.717, 1.165) is 0 Å². The van der Waals surface area contributed by atoms with Gasteiger partial charge in [0.25, 0.3) is 0 Å². The topological polar surface area (TPSA) is 0 Å². The summed E-state index contributed by atoms with van der Waals surface area (Å²) in [5.41, 5.74) is 5.57. The van der Waals surface area contributed by atoms with E-state index in [1.165, 1.54) is 33.0 Å². The van der Waals surface area contributed by atoms with Gasteiger partial charge in [-0.05, 0) is 60.7 Å². The number of fused-ring (bicyclic) bond motifs is 1. The minimum Gasteiger partial charge on any atom is -0.0683 e. The van der Waals surface area contributed by atoms with Crippen LogP contribution in [0, 0.1) is 27.7 Å². The van der Waals surface area contributed by atoms with Crippen molar-refractivity contribution < 1.29 is 0 Å². The highest BCUT2D eigenvalue weighted by Crippen LogP contribution is 2.25. The summed E-state index contributed by atoms with van der Waals surface area (Å²) in [5, 5.41) is 2.79. The van der Waals surface area contributed by atoms with Crippen molar-refractivity contribution in [3.8, 4) is 0 Å². The Bertz CT molecular complexity index is 446. The zero-order valence-corrected chi connectivity index (χ0v) is 11.3. The molecule has 2 rings (SSSR count). The quantitative estimate of drug-likeness (QED) is 0.572. The van der Waals surface area contributed by atoms with Crippen molar-refractivity contribution in [2.45, 2.75) is 41.5 Å². The molecule has 0 nitrogen and oxygen atoms in total. The van der Waals surface area contributed by atoms with Gasteiger partial charge in [0.15, 0.2) is 0 Å². The molecule has 2 aromatic rings. The first-order valence-electron chi connectivity index (χ1n) is 6.07. The summed E-state index contributed by atoms with van der Waals surface area (Å²) in [4.78, 5) is 0. The molecule has 2 aromatic carbocycles. The molecule has 0 aliphatic carbocycles. The van der Waals surface area contributed by atoms with Crippen molar-refractivity contribution in [3.05, 3.63) is 46.5 Å². The highest BCUT2D eigenvalue weighted by atomic mass is 14.1. The smallest absolute Gasteiger partial charge is 0.0149 e. The Balaban J connectivity index is 0.000000606. The second-order valence-electron chi connectivity index (χ2n) is 4.11. The lowest BCUT2D eigenvalue weighted by molar-refractivity contribution is 1.34. The molecule has 0 aliphatic rings. The fraction of sp³-hybridized carbons (Fsp3) is 0.375. The maximum absolute atomic E-state index is 2.24. The lowest BCUT2D eigenvalue weighted by Gasteiger charge is -2.09. The summed E-state index contributed by atoms with van der Waals surface area (Å²) < 4.78 is 0. The van der Waals surface area contributed by atoms with Crippen LogP contribution in [0.2, 0.25) is 0 Å². The molecule has 0 bridgehead atoms. The van der Waals surface area contributed by atoms with Crippen molar-refractivity contribution in [3.63, 3.8) is 0 Å². The summed E-state index contributed by atoms with van der Waals surface area (Å²) >= 11 is 0. The Morgan fingerprint density at radius 3 is 1.19 bits per heavy atom. The van der Waals surface area contributed by atoms with E-state index in [2.05, 4.69) is 52.0 Å². The normalized spacial score (nSPS) is 9.88. The van der Waals surface area contributed by atoms with E-state index in [4.69, 9.17) is 0 Å². The molecule has 0 heteroatoms. The first-order chi connectivity index (χ1) is 7.61. The van der Waals surface area contributed by atoms with E-state index in [1.807, 2.05) is 13.8 Å². The molecule has 86 valence electrons. The van der Waals surface area contributed by atoms with Crippen LogP contribution in [0.1, 0.15) is 36.1 Å². The van der Waals surface area contributed by atoms with Crippen molar-refractivity contribution in [1.82, 2.24) is 0 Å². The predicted molar refractivity (Wildman–Crippen MR) is 74.2 cm³/mol. The van der Waals surface area contributed by atoms with E-state index in [-0.39, 0.29) is 0 Å².